The van der Waals surface area contributed by atoms with Crippen molar-refractivity contribution in [3.8, 4) is 5.75 Å². The van der Waals surface area contributed by atoms with E-state index in [1.807, 2.05) is 36.9 Å². The number of carbonyl (C=O) groups excluding carboxylic acids is 1. The second kappa shape index (κ2) is 13.1. The molecular formula is C31H37N3O4S. The van der Waals surface area contributed by atoms with Gasteiger partial charge in [0.05, 0.1) is 11.5 Å². The van der Waals surface area contributed by atoms with E-state index < -0.39 is 10.0 Å². The van der Waals surface area contributed by atoms with E-state index in [1.54, 1.807) is 49.5 Å². The van der Waals surface area contributed by atoms with Crippen LogP contribution in [0.5, 0.6) is 5.75 Å². The molecule has 206 valence electrons. The molecule has 1 saturated heterocycles. The van der Waals surface area contributed by atoms with Gasteiger partial charge in [-0.15, -0.1) is 0 Å². The highest BCUT2D eigenvalue weighted by Crippen LogP contribution is 2.26. The number of hydrogen-bond acceptors (Lipinski definition) is 5. The highest BCUT2D eigenvalue weighted by molar-refractivity contribution is 7.89. The fraction of sp³-hybridized carbons (Fsp3) is 0.323. The first-order valence-electron chi connectivity index (χ1n) is 13.3. The Morgan fingerprint density at radius 3 is 2.33 bits per heavy atom. The van der Waals surface area contributed by atoms with Crippen molar-refractivity contribution in [1.29, 1.82) is 0 Å². The van der Waals surface area contributed by atoms with Crippen LogP contribution >= 0.6 is 0 Å². The minimum atomic E-state index is -3.70. The van der Waals surface area contributed by atoms with Gasteiger partial charge in [0.2, 0.25) is 10.0 Å². The van der Waals surface area contributed by atoms with Crippen LogP contribution in [0.4, 0.5) is 0 Å². The summed E-state index contributed by atoms with van der Waals surface area (Å²) >= 11 is 0. The molecule has 0 bridgehead atoms. The van der Waals surface area contributed by atoms with E-state index in [4.69, 9.17) is 4.74 Å². The summed E-state index contributed by atoms with van der Waals surface area (Å²) in [5, 5.41) is 0. The van der Waals surface area contributed by atoms with Crippen LogP contribution in [0, 0.1) is 6.92 Å². The van der Waals surface area contributed by atoms with Gasteiger partial charge in [-0.2, -0.15) is 4.31 Å². The summed E-state index contributed by atoms with van der Waals surface area (Å²) in [7, 11) is -2.15. The maximum atomic E-state index is 13.4. The molecule has 4 rings (SSSR count). The quantitative estimate of drug-likeness (QED) is 0.369. The van der Waals surface area contributed by atoms with E-state index in [2.05, 4.69) is 29.2 Å². The van der Waals surface area contributed by atoms with Crippen molar-refractivity contribution in [3.63, 3.8) is 0 Å². The summed E-state index contributed by atoms with van der Waals surface area (Å²) in [4.78, 5) is 17.8. The smallest absolute Gasteiger partial charge is 0.253 e. The van der Waals surface area contributed by atoms with Gasteiger partial charge >= 0.3 is 0 Å². The summed E-state index contributed by atoms with van der Waals surface area (Å²) in [6.45, 7) is 8.04. The fourth-order valence-corrected chi connectivity index (χ4v) is 5.71. The largest absolute Gasteiger partial charge is 0.494 e. The zero-order chi connectivity index (χ0) is 27.8. The third-order valence-electron chi connectivity index (χ3n) is 6.86. The number of aryl methyl sites for hydroxylation is 1. The number of amides is 1. The lowest BCUT2D eigenvalue weighted by molar-refractivity contribution is 0.0650. The van der Waals surface area contributed by atoms with Gasteiger partial charge in [-0.05, 0) is 49.7 Å². The van der Waals surface area contributed by atoms with Crippen molar-refractivity contribution in [2.24, 2.45) is 0 Å². The van der Waals surface area contributed by atoms with Crippen molar-refractivity contribution in [1.82, 2.24) is 14.1 Å². The highest BCUT2D eigenvalue weighted by Gasteiger charge is 2.25. The molecule has 0 atom stereocenters. The monoisotopic (exact) mass is 547 g/mol. The molecule has 39 heavy (non-hydrogen) atoms. The zero-order valence-corrected chi connectivity index (χ0v) is 23.7. The van der Waals surface area contributed by atoms with Crippen LogP contribution in [-0.2, 0) is 16.6 Å². The molecule has 0 aromatic heterocycles. The van der Waals surface area contributed by atoms with Gasteiger partial charge < -0.3 is 9.64 Å². The summed E-state index contributed by atoms with van der Waals surface area (Å²) in [6, 6.07) is 22.3. The summed E-state index contributed by atoms with van der Waals surface area (Å²) < 4.78 is 33.4. The molecule has 0 aliphatic carbocycles. The molecule has 1 aliphatic heterocycles. The summed E-state index contributed by atoms with van der Waals surface area (Å²) in [6.07, 6.45) is 4.28. The highest BCUT2D eigenvalue weighted by atomic mass is 32.2. The van der Waals surface area contributed by atoms with Crippen molar-refractivity contribution in [2.45, 2.75) is 25.3 Å². The lowest BCUT2D eigenvalue weighted by Gasteiger charge is -2.34. The molecule has 1 fully saturated rings. The van der Waals surface area contributed by atoms with Gasteiger partial charge in [0.15, 0.2) is 0 Å². The molecule has 0 spiro atoms. The Labute approximate surface area is 232 Å². The van der Waals surface area contributed by atoms with Crippen molar-refractivity contribution >= 4 is 22.0 Å². The topological polar surface area (TPSA) is 70.2 Å². The van der Waals surface area contributed by atoms with Crippen LogP contribution in [0.3, 0.4) is 0 Å². The molecule has 1 heterocycles. The molecule has 3 aromatic rings. The molecule has 0 N–H and O–H groups in total. The Bertz CT molecular complexity index is 1380. The van der Waals surface area contributed by atoms with Crippen LogP contribution in [0.1, 0.15) is 34.0 Å². The number of carbonyl (C=O) groups is 1. The first-order valence-corrected chi connectivity index (χ1v) is 14.7. The number of benzene rings is 3. The van der Waals surface area contributed by atoms with Crippen LogP contribution in [0.25, 0.3) is 6.08 Å². The maximum absolute atomic E-state index is 13.4. The molecule has 0 unspecified atom stereocenters. The first-order chi connectivity index (χ1) is 18.8. The number of nitrogens with zero attached hydrogens (tertiary/aromatic N) is 3. The standard InChI is InChI=1S/C31H37N3O4S/c1-4-38-30-17-14-27(23-28(30)24-32(3)39(36,37)29-15-12-25(2)13-16-29)31(35)34-21-19-33(20-22-34)18-8-11-26-9-6-5-7-10-26/h5-17,23H,4,18-22,24H2,1-3H3/b11-8+. The molecule has 1 amide bonds. The lowest BCUT2D eigenvalue weighted by Crippen LogP contribution is -2.48. The van der Waals surface area contributed by atoms with Gasteiger partial charge in [-0.25, -0.2) is 8.42 Å². The Hall–Kier alpha value is -3.46. The van der Waals surface area contributed by atoms with Crippen LogP contribution < -0.4 is 4.74 Å². The molecule has 3 aromatic carbocycles. The molecular weight excluding hydrogens is 510 g/mol. The molecule has 7 nitrogen and oxygen atoms in total. The van der Waals surface area contributed by atoms with Gasteiger partial charge in [-0.3, -0.25) is 9.69 Å². The predicted molar refractivity (Wildman–Crippen MR) is 155 cm³/mol. The second-order valence-electron chi connectivity index (χ2n) is 9.74. The third kappa shape index (κ3) is 7.35. The molecule has 8 heteroatoms. The van der Waals surface area contributed by atoms with E-state index in [-0.39, 0.29) is 17.3 Å². The normalized spacial score (nSPS) is 14.7. The van der Waals surface area contributed by atoms with Gasteiger partial charge in [0.1, 0.15) is 5.75 Å². The van der Waals surface area contributed by atoms with E-state index in [0.29, 0.717) is 36.6 Å². The van der Waals surface area contributed by atoms with Gasteiger partial charge in [-0.1, -0.05) is 60.2 Å². The fourth-order valence-electron chi connectivity index (χ4n) is 4.57. The molecule has 1 aliphatic rings. The van der Waals surface area contributed by atoms with Crippen LogP contribution in [-0.4, -0.2) is 74.8 Å². The first kappa shape index (κ1) is 28.5. The number of hydrogen-bond donors (Lipinski definition) is 0. The maximum Gasteiger partial charge on any atom is 0.253 e. The number of sulfonamides is 1. The lowest BCUT2D eigenvalue weighted by atomic mass is 10.1. The Kier molecular flexibility index (Phi) is 9.56. The third-order valence-corrected chi connectivity index (χ3v) is 8.68. The van der Waals surface area contributed by atoms with Gasteiger partial charge in [0, 0.05) is 57.4 Å². The van der Waals surface area contributed by atoms with Crippen molar-refractivity contribution in [3.05, 3.63) is 101 Å². The van der Waals surface area contributed by atoms with Crippen molar-refractivity contribution < 1.29 is 17.9 Å². The van der Waals surface area contributed by atoms with E-state index in [9.17, 15) is 13.2 Å². The van der Waals surface area contributed by atoms with E-state index >= 15 is 0 Å². The zero-order valence-electron chi connectivity index (χ0n) is 22.9. The van der Waals surface area contributed by atoms with Crippen LogP contribution in [0.15, 0.2) is 83.8 Å². The number of rotatable bonds is 10. The Morgan fingerprint density at radius 2 is 1.67 bits per heavy atom. The average Bonchev–Trinajstić information content (AvgIpc) is 2.95. The minimum absolute atomic E-state index is 0.0529. The van der Waals surface area contributed by atoms with Crippen molar-refractivity contribution in [2.75, 3.05) is 46.4 Å². The summed E-state index contributed by atoms with van der Waals surface area (Å²) in [5.74, 6) is 0.526. The Morgan fingerprint density at radius 1 is 0.974 bits per heavy atom. The van der Waals surface area contributed by atoms with Crippen LogP contribution in [0.2, 0.25) is 0 Å². The Balaban J connectivity index is 1.41. The number of ether oxygens (including phenoxy) is 1. The average molecular weight is 548 g/mol. The SMILES string of the molecule is CCOc1ccc(C(=O)N2CCN(C/C=C/c3ccccc3)CC2)cc1CN(C)S(=O)(=O)c1ccc(C)cc1. The van der Waals surface area contributed by atoms with E-state index in [1.165, 1.54) is 9.87 Å². The number of piperazine rings is 1. The minimum Gasteiger partial charge on any atom is -0.494 e. The van der Waals surface area contributed by atoms with E-state index in [0.717, 1.165) is 25.2 Å². The summed E-state index contributed by atoms with van der Waals surface area (Å²) in [5.41, 5.74) is 3.36. The predicted octanol–water partition coefficient (Wildman–Crippen LogP) is 4.69. The van der Waals surface area contributed by atoms with Gasteiger partial charge in [0.25, 0.3) is 5.91 Å². The molecule has 0 saturated carbocycles. The second-order valence-corrected chi connectivity index (χ2v) is 11.8. The molecule has 0 radical (unpaired) electrons.